The highest BCUT2D eigenvalue weighted by Gasteiger charge is 2.48. The number of hydrogen-bond donors (Lipinski definition) is 2. The lowest BCUT2D eigenvalue weighted by molar-refractivity contribution is 0.0259. The SMILES string of the molecule is N#CC12CCC(CNC(=O)c3nc4sc5c(c4c(=O)[nH]3)CCC5)(CC1)CC2. The molecule has 4 aliphatic carbocycles. The van der Waals surface area contributed by atoms with E-state index in [0.717, 1.165) is 63.4 Å². The van der Waals surface area contributed by atoms with Crippen LogP contribution < -0.4 is 10.9 Å². The second-order valence-corrected chi connectivity index (χ2v) is 9.61. The lowest BCUT2D eigenvalue weighted by atomic mass is 9.54. The molecular formula is C20H22N4O2S. The summed E-state index contributed by atoms with van der Waals surface area (Å²) in [7, 11) is 0. The fourth-order valence-electron chi connectivity index (χ4n) is 5.16. The summed E-state index contributed by atoms with van der Waals surface area (Å²) in [6, 6.07) is 2.52. The zero-order valence-electron chi connectivity index (χ0n) is 15.2. The first kappa shape index (κ1) is 16.9. The highest BCUT2D eigenvalue weighted by molar-refractivity contribution is 7.18. The molecule has 2 aromatic rings. The van der Waals surface area contributed by atoms with Gasteiger partial charge >= 0.3 is 0 Å². The Morgan fingerprint density at radius 2 is 1.96 bits per heavy atom. The molecule has 2 bridgehead atoms. The Labute approximate surface area is 161 Å². The summed E-state index contributed by atoms with van der Waals surface area (Å²) in [4.78, 5) is 34.3. The number of thiophene rings is 1. The molecule has 0 atom stereocenters. The van der Waals surface area contributed by atoms with E-state index in [9.17, 15) is 14.9 Å². The smallest absolute Gasteiger partial charge is 0.287 e. The number of nitrogens with one attached hydrogen (secondary N) is 2. The highest BCUT2D eigenvalue weighted by Crippen LogP contribution is 2.56. The minimum Gasteiger partial charge on any atom is -0.349 e. The van der Waals surface area contributed by atoms with Crippen molar-refractivity contribution in [3.05, 3.63) is 26.6 Å². The highest BCUT2D eigenvalue weighted by atomic mass is 32.1. The van der Waals surface area contributed by atoms with Crippen LogP contribution in [0.25, 0.3) is 10.2 Å². The van der Waals surface area contributed by atoms with Gasteiger partial charge < -0.3 is 10.3 Å². The Kier molecular flexibility index (Phi) is 3.70. The van der Waals surface area contributed by atoms with Crippen LogP contribution in [0, 0.1) is 22.2 Å². The van der Waals surface area contributed by atoms with Crippen molar-refractivity contribution in [2.24, 2.45) is 10.8 Å². The summed E-state index contributed by atoms with van der Waals surface area (Å²) in [6.45, 7) is 0.593. The van der Waals surface area contributed by atoms with Crippen molar-refractivity contribution in [2.45, 2.75) is 57.8 Å². The Balaban J connectivity index is 1.34. The molecule has 0 aliphatic heterocycles. The van der Waals surface area contributed by atoms with E-state index < -0.39 is 0 Å². The third kappa shape index (κ3) is 2.61. The molecule has 2 N–H and O–H groups in total. The molecule has 2 heterocycles. The average molecular weight is 382 g/mol. The average Bonchev–Trinajstić information content (AvgIpc) is 3.28. The Hall–Kier alpha value is -2.20. The Morgan fingerprint density at radius 1 is 1.22 bits per heavy atom. The second-order valence-electron chi connectivity index (χ2n) is 8.53. The van der Waals surface area contributed by atoms with Crippen LogP contribution in [0.4, 0.5) is 0 Å². The number of H-pyrrole nitrogens is 1. The number of carbonyl (C=O) groups is 1. The number of hydrogen-bond acceptors (Lipinski definition) is 5. The first-order valence-electron chi connectivity index (χ1n) is 9.77. The number of aryl methyl sites for hydroxylation is 2. The van der Waals surface area contributed by atoms with Gasteiger partial charge in [-0.05, 0) is 68.8 Å². The van der Waals surface area contributed by atoms with Gasteiger partial charge in [0.2, 0.25) is 5.82 Å². The van der Waals surface area contributed by atoms with Gasteiger partial charge in [0, 0.05) is 11.4 Å². The maximum Gasteiger partial charge on any atom is 0.287 e. The number of carbonyl (C=O) groups excluding carboxylic acids is 1. The summed E-state index contributed by atoms with van der Waals surface area (Å²) < 4.78 is 0. The van der Waals surface area contributed by atoms with Crippen molar-refractivity contribution in [1.29, 1.82) is 5.26 Å². The normalized spacial score (nSPS) is 28.9. The van der Waals surface area contributed by atoms with E-state index in [2.05, 4.69) is 21.4 Å². The molecule has 6 nitrogen and oxygen atoms in total. The molecule has 3 fully saturated rings. The van der Waals surface area contributed by atoms with Crippen LogP contribution in [0.3, 0.4) is 0 Å². The van der Waals surface area contributed by atoms with Gasteiger partial charge in [-0.25, -0.2) is 4.98 Å². The maximum absolute atomic E-state index is 12.7. The van der Waals surface area contributed by atoms with Crippen molar-refractivity contribution in [1.82, 2.24) is 15.3 Å². The molecule has 0 radical (unpaired) electrons. The number of fused-ring (bicyclic) bond motifs is 6. The first-order chi connectivity index (χ1) is 13.0. The molecular weight excluding hydrogens is 360 g/mol. The van der Waals surface area contributed by atoms with Gasteiger partial charge in [0.1, 0.15) is 4.83 Å². The van der Waals surface area contributed by atoms with Gasteiger partial charge in [0.25, 0.3) is 11.5 Å². The fraction of sp³-hybridized carbons (Fsp3) is 0.600. The maximum atomic E-state index is 12.7. The zero-order valence-corrected chi connectivity index (χ0v) is 16.0. The largest absolute Gasteiger partial charge is 0.349 e. The number of nitrogens with zero attached hydrogens (tertiary/aromatic N) is 2. The summed E-state index contributed by atoms with van der Waals surface area (Å²) in [5.74, 6) is -0.193. The molecule has 140 valence electrons. The summed E-state index contributed by atoms with van der Waals surface area (Å²) >= 11 is 1.55. The summed E-state index contributed by atoms with van der Waals surface area (Å²) in [6.07, 6.45) is 8.78. The van der Waals surface area contributed by atoms with E-state index in [-0.39, 0.29) is 28.1 Å². The summed E-state index contributed by atoms with van der Waals surface area (Å²) in [5.41, 5.74) is 0.906. The summed E-state index contributed by atoms with van der Waals surface area (Å²) in [5, 5.41) is 13.1. The number of aromatic nitrogens is 2. The molecule has 7 heteroatoms. The van der Waals surface area contributed by atoms with Crippen LogP contribution >= 0.6 is 11.3 Å². The molecule has 0 spiro atoms. The number of aromatic amines is 1. The van der Waals surface area contributed by atoms with Gasteiger partial charge in [-0.15, -0.1) is 11.3 Å². The molecule has 27 heavy (non-hydrogen) atoms. The lowest BCUT2D eigenvalue weighted by Crippen LogP contribution is -2.47. The number of rotatable bonds is 3. The van der Waals surface area contributed by atoms with E-state index in [0.29, 0.717) is 16.8 Å². The van der Waals surface area contributed by atoms with Crippen molar-refractivity contribution in [3.63, 3.8) is 0 Å². The zero-order chi connectivity index (χ0) is 18.6. The minimum atomic E-state index is -0.306. The van der Waals surface area contributed by atoms with Gasteiger partial charge in [0.05, 0.1) is 16.9 Å². The van der Waals surface area contributed by atoms with Crippen molar-refractivity contribution < 1.29 is 4.79 Å². The molecule has 1 amide bonds. The first-order valence-corrected chi connectivity index (χ1v) is 10.6. The molecule has 0 unspecified atom stereocenters. The predicted octanol–water partition coefficient (Wildman–Crippen LogP) is 3.07. The van der Waals surface area contributed by atoms with Crippen LogP contribution in [-0.2, 0) is 12.8 Å². The minimum absolute atomic E-state index is 0.1000. The molecule has 2 aromatic heterocycles. The van der Waals surface area contributed by atoms with Crippen molar-refractivity contribution in [3.8, 4) is 6.07 Å². The molecule has 6 rings (SSSR count). The van der Waals surface area contributed by atoms with E-state index in [1.807, 2.05) is 0 Å². The number of amides is 1. The topological polar surface area (TPSA) is 98.6 Å². The van der Waals surface area contributed by atoms with Crippen LogP contribution in [0.1, 0.15) is 66.0 Å². The van der Waals surface area contributed by atoms with E-state index in [4.69, 9.17) is 0 Å². The fourth-order valence-corrected chi connectivity index (χ4v) is 6.42. The van der Waals surface area contributed by atoms with E-state index in [1.54, 1.807) is 11.3 Å². The molecule has 0 aromatic carbocycles. The van der Waals surface area contributed by atoms with Crippen LogP contribution in [0.5, 0.6) is 0 Å². The van der Waals surface area contributed by atoms with Crippen molar-refractivity contribution in [2.75, 3.05) is 6.54 Å². The lowest BCUT2D eigenvalue weighted by Gasteiger charge is -2.50. The van der Waals surface area contributed by atoms with Gasteiger partial charge in [-0.2, -0.15) is 5.26 Å². The predicted molar refractivity (Wildman–Crippen MR) is 103 cm³/mol. The van der Waals surface area contributed by atoms with E-state index in [1.165, 1.54) is 4.88 Å². The third-order valence-electron chi connectivity index (χ3n) is 7.05. The standard InChI is InChI=1S/C20H22N4O2S/c21-10-19-4-7-20(8-5-19,9-6-19)11-22-17(26)15-23-16(25)14-12-2-1-3-13(12)27-18(14)24-15/h1-9,11H2,(H,22,26)(H,23,24,25). The Bertz CT molecular complexity index is 1020. The van der Waals surface area contributed by atoms with Crippen LogP contribution in [0.15, 0.2) is 4.79 Å². The molecule has 4 aliphatic rings. The Morgan fingerprint density at radius 3 is 2.67 bits per heavy atom. The quantitative estimate of drug-likeness (QED) is 0.852. The molecule has 0 saturated heterocycles. The second kappa shape index (κ2) is 5.90. The van der Waals surface area contributed by atoms with Crippen LogP contribution in [-0.4, -0.2) is 22.4 Å². The monoisotopic (exact) mass is 382 g/mol. The molecule has 3 saturated carbocycles. The third-order valence-corrected chi connectivity index (χ3v) is 8.24. The van der Waals surface area contributed by atoms with Gasteiger partial charge in [-0.1, -0.05) is 0 Å². The van der Waals surface area contributed by atoms with Gasteiger partial charge in [0.15, 0.2) is 0 Å². The van der Waals surface area contributed by atoms with Crippen molar-refractivity contribution >= 4 is 27.5 Å². The van der Waals surface area contributed by atoms with E-state index >= 15 is 0 Å². The number of nitriles is 1. The van der Waals surface area contributed by atoms with Crippen LogP contribution in [0.2, 0.25) is 0 Å². The van der Waals surface area contributed by atoms with Gasteiger partial charge in [-0.3, -0.25) is 9.59 Å².